The van der Waals surface area contributed by atoms with Crippen molar-refractivity contribution in [2.45, 2.75) is 24.9 Å². The SMILES string of the molecule is NS(=O)(=O)OC[C@@H]1C[C@@H](F)[C@H](n2cnc3c(=O)[nH]cnc32)O1. The van der Waals surface area contributed by atoms with Crippen LogP contribution in [0.25, 0.3) is 11.2 Å². The fourth-order valence-corrected chi connectivity index (χ4v) is 2.61. The quantitative estimate of drug-likeness (QED) is 0.728. The van der Waals surface area contributed by atoms with E-state index in [2.05, 4.69) is 19.1 Å². The zero-order valence-electron chi connectivity index (χ0n) is 11.0. The number of H-pyrrole nitrogens is 1. The minimum atomic E-state index is -4.12. The molecule has 0 spiro atoms. The number of imidazole rings is 1. The number of nitrogens with two attached hydrogens (primary N) is 1. The second-order valence-corrected chi connectivity index (χ2v) is 5.95. The van der Waals surface area contributed by atoms with Crippen LogP contribution in [0.3, 0.4) is 0 Å². The minimum absolute atomic E-state index is 0.0579. The highest BCUT2D eigenvalue weighted by atomic mass is 32.2. The number of hydrogen-bond acceptors (Lipinski definition) is 7. The van der Waals surface area contributed by atoms with Gasteiger partial charge in [-0.3, -0.25) is 13.5 Å². The number of fused-ring (bicyclic) bond motifs is 1. The summed E-state index contributed by atoms with van der Waals surface area (Å²) in [6.07, 6.45) is -0.971. The maximum Gasteiger partial charge on any atom is 0.333 e. The number of hydrogen-bond donors (Lipinski definition) is 2. The summed E-state index contributed by atoms with van der Waals surface area (Å²) in [6.45, 7) is -0.392. The first kappa shape index (κ1) is 15.0. The van der Waals surface area contributed by atoms with E-state index in [1.54, 1.807) is 0 Å². The Balaban J connectivity index is 1.82. The molecule has 1 aliphatic heterocycles. The highest BCUT2D eigenvalue weighted by molar-refractivity contribution is 7.84. The summed E-state index contributed by atoms with van der Waals surface area (Å²) >= 11 is 0. The van der Waals surface area contributed by atoms with E-state index in [-0.39, 0.29) is 17.6 Å². The van der Waals surface area contributed by atoms with Crippen LogP contribution in [0, 0.1) is 0 Å². The lowest BCUT2D eigenvalue weighted by Gasteiger charge is -2.15. The number of nitrogens with one attached hydrogen (secondary N) is 1. The van der Waals surface area contributed by atoms with Gasteiger partial charge < -0.3 is 9.72 Å². The van der Waals surface area contributed by atoms with Crippen LogP contribution in [0.5, 0.6) is 0 Å². The molecule has 0 bridgehead atoms. The van der Waals surface area contributed by atoms with Gasteiger partial charge in [-0.15, -0.1) is 0 Å². The van der Waals surface area contributed by atoms with Gasteiger partial charge in [-0.1, -0.05) is 0 Å². The van der Waals surface area contributed by atoms with Crippen molar-refractivity contribution in [2.75, 3.05) is 6.61 Å². The Hall–Kier alpha value is -1.89. The van der Waals surface area contributed by atoms with Crippen molar-refractivity contribution in [1.82, 2.24) is 19.5 Å². The molecule has 3 atom stereocenters. The van der Waals surface area contributed by atoms with E-state index in [0.29, 0.717) is 0 Å². The maximum atomic E-state index is 14.1. The molecular weight excluding hydrogens is 321 g/mol. The van der Waals surface area contributed by atoms with Crippen LogP contribution in [0.1, 0.15) is 12.6 Å². The molecule has 0 unspecified atom stereocenters. The number of nitrogens with zero attached hydrogens (tertiary/aromatic N) is 3. The Morgan fingerprint density at radius 1 is 1.55 bits per heavy atom. The first-order valence-corrected chi connectivity index (χ1v) is 7.69. The molecule has 0 aromatic carbocycles. The van der Waals surface area contributed by atoms with Gasteiger partial charge in [0.1, 0.15) is 6.17 Å². The van der Waals surface area contributed by atoms with Crippen molar-refractivity contribution < 1.29 is 21.7 Å². The largest absolute Gasteiger partial charge is 0.349 e. The molecule has 1 aliphatic rings. The number of ether oxygens (including phenoxy) is 1. The van der Waals surface area contributed by atoms with Crippen molar-refractivity contribution >= 4 is 21.5 Å². The van der Waals surface area contributed by atoms with E-state index >= 15 is 0 Å². The second-order valence-electron chi connectivity index (χ2n) is 4.73. The summed E-state index contributed by atoms with van der Waals surface area (Å²) in [6, 6.07) is 0. The van der Waals surface area contributed by atoms with Gasteiger partial charge in [0.25, 0.3) is 5.56 Å². The summed E-state index contributed by atoms with van der Waals surface area (Å²) in [5.41, 5.74) is -0.224. The molecule has 0 saturated carbocycles. The average Bonchev–Trinajstić information content (AvgIpc) is 3.00. The third-order valence-corrected chi connectivity index (χ3v) is 3.65. The zero-order valence-corrected chi connectivity index (χ0v) is 11.9. The molecule has 12 heteroatoms. The lowest BCUT2D eigenvalue weighted by Crippen LogP contribution is -2.23. The van der Waals surface area contributed by atoms with Crippen LogP contribution >= 0.6 is 0 Å². The fourth-order valence-electron chi connectivity index (χ4n) is 2.27. The van der Waals surface area contributed by atoms with Crippen molar-refractivity contribution in [3.05, 3.63) is 23.0 Å². The fraction of sp³-hybridized carbons (Fsp3) is 0.500. The van der Waals surface area contributed by atoms with E-state index < -0.39 is 41.0 Å². The number of alkyl halides is 1. The van der Waals surface area contributed by atoms with Gasteiger partial charge in [-0.25, -0.2) is 19.5 Å². The monoisotopic (exact) mass is 333 g/mol. The van der Waals surface area contributed by atoms with Crippen LogP contribution in [0.4, 0.5) is 4.39 Å². The Kier molecular flexibility index (Phi) is 3.68. The van der Waals surface area contributed by atoms with Gasteiger partial charge in [0.05, 0.1) is 25.4 Å². The topological polar surface area (TPSA) is 142 Å². The van der Waals surface area contributed by atoms with E-state index in [1.165, 1.54) is 17.2 Å². The lowest BCUT2D eigenvalue weighted by molar-refractivity contribution is -0.0305. The van der Waals surface area contributed by atoms with Gasteiger partial charge in [-0.2, -0.15) is 8.42 Å². The number of aromatic nitrogens is 4. The molecule has 0 radical (unpaired) electrons. The normalized spacial score (nSPS) is 25.8. The van der Waals surface area contributed by atoms with E-state index in [9.17, 15) is 17.6 Å². The summed E-state index contributed by atoms with van der Waals surface area (Å²) in [5, 5.41) is 4.71. The Labute approximate surface area is 123 Å². The van der Waals surface area contributed by atoms with Crippen LogP contribution < -0.4 is 10.7 Å². The van der Waals surface area contributed by atoms with Crippen LogP contribution in [-0.2, 0) is 19.2 Å². The highest BCUT2D eigenvalue weighted by Gasteiger charge is 2.38. The lowest BCUT2D eigenvalue weighted by atomic mass is 10.2. The third-order valence-electron chi connectivity index (χ3n) is 3.19. The van der Waals surface area contributed by atoms with Crippen LogP contribution in [0.15, 0.2) is 17.4 Å². The number of aromatic amines is 1. The van der Waals surface area contributed by atoms with Crippen molar-refractivity contribution in [3.63, 3.8) is 0 Å². The number of rotatable bonds is 4. The van der Waals surface area contributed by atoms with Gasteiger partial charge in [0, 0.05) is 6.42 Å². The highest BCUT2D eigenvalue weighted by Crippen LogP contribution is 2.32. The molecule has 0 amide bonds. The third kappa shape index (κ3) is 2.85. The second kappa shape index (κ2) is 5.39. The summed E-state index contributed by atoms with van der Waals surface area (Å²) < 4.78 is 46.7. The summed E-state index contributed by atoms with van der Waals surface area (Å²) in [5.74, 6) is 0. The predicted octanol–water partition coefficient (Wildman–Crippen LogP) is -1.03. The number of halogens is 1. The standard InChI is InChI=1S/C10H12FN5O5S/c11-6-1-5(2-20-22(12,18)19)21-10(6)16-4-15-7-8(16)13-3-14-9(7)17/h3-6,10H,1-2H2,(H2,12,18,19)(H,13,14,17)/t5-,6+,10+/m0/s1. The molecule has 3 rings (SSSR count). The van der Waals surface area contributed by atoms with Crippen molar-refractivity contribution in [3.8, 4) is 0 Å². The van der Waals surface area contributed by atoms with Crippen molar-refractivity contribution in [1.29, 1.82) is 0 Å². The molecule has 1 fully saturated rings. The van der Waals surface area contributed by atoms with Gasteiger partial charge in [0.15, 0.2) is 17.4 Å². The maximum absolute atomic E-state index is 14.1. The first-order valence-electron chi connectivity index (χ1n) is 6.22. The molecule has 0 aliphatic carbocycles. The molecule has 3 N–H and O–H groups in total. The molecule has 2 aromatic heterocycles. The Morgan fingerprint density at radius 3 is 3.05 bits per heavy atom. The average molecular weight is 333 g/mol. The predicted molar refractivity (Wildman–Crippen MR) is 70.6 cm³/mol. The zero-order chi connectivity index (χ0) is 15.9. The van der Waals surface area contributed by atoms with Gasteiger partial charge >= 0.3 is 10.3 Å². The van der Waals surface area contributed by atoms with Crippen LogP contribution in [0.2, 0.25) is 0 Å². The first-order chi connectivity index (χ1) is 10.3. The molecule has 10 nitrogen and oxygen atoms in total. The van der Waals surface area contributed by atoms with E-state index in [4.69, 9.17) is 9.88 Å². The molecular formula is C10H12FN5O5S. The van der Waals surface area contributed by atoms with Crippen molar-refractivity contribution in [2.24, 2.45) is 5.14 Å². The Bertz CT molecular complexity index is 849. The summed E-state index contributed by atoms with van der Waals surface area (Å²) in [4.78, 5) is 21.7. The molecule has 22 heavy (non-hydrogen) atoms. The molecule has 120 valence electrons. The molecule has 1 saturated heterocycles. The summed E-state index contributed by atoms with van der Waals surface area (Å²) in [7, 11) is -4.12. The minimum Gasteiger partial charge on any atom is -0.349 e. The molecule has 3 heterocycles. The Morgan fingerprint density at radius 2 is 2.32 bits per heavy atom. The smallest absolute Gasteiger partial charge is 0.333 e. The molecule has 2 aromatic rings. The van der Waals surface area contributed by atoms with Gasteiger partial charge in [-0.05, 0) is 0 Å². The van der Waals surface area contributed by atoms with E-state index in [1.807, 2.05) is 0 Å². The van der Waals surface area contributed by atoms with E-state index in [0.717, 1.165) is 0 Å². The van der Waals surface area contributed by atoms with Crippen LogP contribution in [-0.4, -0.2) is 46.8 Å². The van der Waals surface area contributed by atoms with Gasteiger partial charge in [0.2, 0.25) is 0 Å².